The average molecular weight is 290 g/mol. The van der Waals surface area contributed by atoms with Crippen molar-refractivity contribution in [1.82, 2.24) is 9.55 Å². The molecule has 0 aliphatic heterocycles. The highest BCUT2D eigenvalue weighted by Gasteiger charge is 2.29. The number of nitrogen functional groups attached to an aromatic ring is 1. The Morgan fingerprint density at radius 1 is 1.40 bits per heavy atom. The van der Waals surface area contributed by atoms with Crippen LogP contribution in [0.25, 0.3) is 11.3 Å². The molecule has 3 rings (SSSR count). The summed E-state index contributed by atoms with van der Waals surface area (Å²) in [5.41, 5.74) is 9.31. The van der Waals surface area contributed by atoms with Crippen molar-refractivity contribution in [3.8, 4) is 11.3 Å². The molecule has 0 spiro atoms. The number of benzene rings is 1. The van der Waals surface area contributed by atoms with Crippen LogP contribution >= 0.6 is 11.6 Å². The van der Waals surface area contributed by atoms with Crippen molar-refractivity contribution in [2.75, 3.05) is 5.73 Å². The molecule has 0 amide bonds. The largest absolute Gasteiger partial charge is 0.383 e. The molecule has 1 fully saturated rings. The topological polar surface area (TPSA) is 43.8 Å². The summed E-state index contributed by atoms with van der Waals surface area (Å²) >= 11 is 6.22. The first-order valence-electron chi connectivity index (χ1n) is 7.25. The van der Waals surface area contributed by atoms with Crippen molar-refractivity contribution >= 4 is 17.4 Å². The first-order valence-corrected chi connectivity index (χ1v) is 7.62. The number of hydrogen-bond donors (Lipinski definition) is 1. The van der Waals surface area contributed by atoms with Gasteiger partial charge < -0.3 is 10.3 Å². The molecule has 4 heteroatoms. The molecular weight excluding hydrogens is 270 g/mol. The SMILES string of the molecule is CCCc1nc(-c2ccc(C)c(Cl)c2)c(N)n1C1CC1. The maximum absolute atomic E-state index is 6.35. The molecule has 1 heterocycles. The molecule has 106 valence electrons. The van der Waals surface area contributed by atoms with Gasteiger partial charge >= 0.3 is 0 Å². The van der Waals surface area contributed by atoms with Crippen molar-refractivity contribution in [2.45, 2.75) is 45.6 Å². The number of anilines is 1. The number of hydrogen-bond acceptors (Lipinski definition) is 2. The number of halogens is 1. The minimum absolute atomic E-state index is 0.554. The van der Waals surface area contributed by atoms with Crippen LogP contribution in [0, 0.1) is 6.92 Å². The minimum Gasteiger partial charge on any atom is -0.383 e. The number of imidazole rings is 1. The lowest BCUT2D eigenvalue weighted by molar-refractivity contribution is 0.676. The third kappa shape index (κ3) is 2.31. The van der Waals surface area contributed by atoms with Crippen LogP contribution in [-0.4, -0.2) is 9.55 Å². The summed E-state index contributed by atoms with van der Waals surface area (Å²) in [5.74, 6) is 1.90. The van der Waals surface area contributed by atoms with Crippen LogP contribution in [0.3, 0.4) is 0 Å². The first kappa shape index (κ1) is 13.5. The highest BCUT2D eigenvalue weighted by atomic mass is 35.5. The lowest BCUT2D eigenvalue weighted by Gasteiger charge is -2.07. The third-order valence-corrected chi connectivity index (χ3v) is 4.26. The van der Waals surface area contributed by atoms with Crippen LogP contribution in [0.2, 0.25) is 5.02 Å². The van der Waals surface area contributed by atoms with Crippen molar-refractivity contribution in [3.63, 3.8) is 0 Å². The lowest BCUT2D eigenvalue weighted by atomic mass is 10.1. The second kappa shape index (κ2) is 5.13. The second-order valence-electron chi connectivity index (χ2n) is 5.58. The van der Waals surface area contributed by atoms with Gasteiger partial charge in [0.15, 0.2) is 0 Å². The van der Waals surface area contributed by atoms with E-state index in [2.05, 4.69) is 11.5 Å². The van der Waals surface area contributed by atoms with Gasteiger partial charge in [0.25, 0.3) is 0 Å². The fourth-order valence-electron chi connectivity index (χ4n) is 2.59. The molecule has 0 bridgehead atoms. The van der Waals surface area contributed by atoms with Crippen molar-refractivity contribution in [2.24, 2.45) is 0 Å². The Hall–Kier alpha value is -1.48. The highest BCUT2D eigenvalue weighted by molar-refractivity contribution is 6.31. The van der Waals surface area contributed by atoms with Crippen molar-refractivity contribution in [3.05, 3.63) is 34.6 Å². The van der Waals surface area contributed by atoms with E-state index in [4.69, 9.17) is 22.3 Å². The van der Waals surface area contributed by atoms with Gasteiger partial charge in [-0.3, -0.25) is 0 Å². The summed E-state index contributed by atoms with van der Waals surface area (Å²) in [6.07, 6.45) is 4.48. The predicted molar refractivity (Wildman–Crippen MR) is 84.1 cm³/mol. The minimum atomic E-state index is 0.554. The number of aryl methyl sites for hydroxylation is 2. The predicted octanol–water partition coefficient (Wildman–Crippen LogP) is 4.38. The van der Waals surface area contributed by atoms with E-state index in [0.717, 1.165) is 46.3 Å². The summed E-state index contributed by atoms with van der Waals surface area (Å²) in [4.78, 5) is 4.78. The summed E-state index contributed by atoms with van der Waals surface area (Å²) in [5, 5.41) is 0.764. The van der Waals surface area contributed by atoms with E-state index in [-0.39, 0.29) is 0 Å². The van der Waals surface area contributed by atoms with E-state index >= 15 is 0 Å². The zero-order valence-corrected chi connectivity index (χ0v) is 12.7. The van der Waals surface area contributed by atoms with Gasteiger partial charge in [-0.25, -0.2) is 4.98 Å². The number of aromatic nitrogens is 2. The van der Waals surface area contributed by atoms with E-state index in [1.807, 2.05) is 25.1 Å². The highest BCUT2D eigenvalue weighted by Crippen LogP contribution is 2.41. The standard InChI is InChI=1S/C16H20ClN3/c1-3-4-14-19-15(16(18)20(14)12-7-8-12)11-6-5-10(2)13(17)9-11/h5-6,9,12H,3-4,7-8,18H2,1-2H3. The summed E-state index contributed by atoms with van der Waals surface area (Å²) in [6.45, 7) is 4.17. The van der Waals surface area contributed by atoms with Gasteiger partial charge in [-0.15, -0.1) is 0 Å². The van der Waals surface area contributed by atoms with E-state index < -0.39 is 0 Å². The van der Waals surface area contributed by atoms with Gasteiger partial charge in [-0.2, -0.15) is 0 Å². The quantitative estimate of drug-likeness (QED) is 0.907. The van der Waals surface area contributed by atoms with Crippen molar-refractivity contribution in [1.29, 1.82) is 0 Å². The van der Waals surface area contributed by atoms with E-state index in [0.29, 0.717) is 6.04 Å². The number of rotatable bonds is 4. The van der Waals surface area contributed by atoms with Crippen LogP contribution in [0.15, 0.2) is 18.2 Å². The Morgan fingerprint density at radius 2 is 2.15 bits per heavy atom. The molecule has 1 aromatic carbocycles. The second-order valence-corrected chi connectivity index (χ2v) is 5.98. The summed E-state index contributed by atoms with van der Waals surface area (Å²) in [7, 11) is 0. The molecule has 2 aromatic rings. The van der Waals surface area contributed by atoms with Gasteiger partial charge in [0.05, 0.1) is 0 Å². The maximum Gasteiger partial charge on any atom is 0.131 e. The van der Waals surface area contributed by atoms with Crippen LogP contribution in [0.4, 0.5) is 5.82 Å². The van der Waals surface area contributed by atoms with Crippen LogP contribution in [0.5, 0.6) is 0 Å². The van der Waals surface area contributed by atoms with E-state index in [1.54, 1.807) is 0 Å². The zero-order valence-electron chi connectivity index (χ0n) is 12.0. The normalized spacial score (nSPS) is 14.8. The number of nitrogens with two attached hydrogens (primary N) is 1. The Labute approximate surface area is 124 Å². The number of nitrogens with zero attached hydrogens (tertiary/aromatic N) is 2. The van der Waals surface area contributed by atoms with Crippen LogP contribution < -0.4 is 5.73 Å². The Kier molecular flexibility index (Phi) is 3.47. The fraction of sp³-hybridized carbons (Fsp3) is 0.438. The van der Waals surface area contributed by atoms with E-state index in [1.165, 1.54) is 12.8 Å². The van der Waals surface area contributed by atoms with Gasteiger partial charge in [-0.1, -0.05) is 30.7 Å². The van der Waals surface area contributed by atoms with Gasteiger partial charge in [0, 0.05) is 23.0 Å². The Balaban J connectivity index is 2.08. The molecule has 0 unspecified atom stereocenters. The zero-order chi connectivity index (χ0) is 14.3. The average Bonchev–Trinajstić information content (AvgIpc) is 3.19. The lowest BCUT2D eigenvalue weighted by Crippen LogP contribution is -2.05. The Morgan fingerprint density at radius 3 is 2.75 bits per heavy atom. The molecule has 1 aliphatic rings. The molecule has 0 saturated heterocycles. The first-order chi connectivity index (χ1) is 9.61. The summed E-state index contributed by atoms with van der Waals surface area (Å²) in [6, 6.07) is 6.58. The van der Waals surface area contributed by atoms with Gasteiger partial charge in [0.1, 0.15) is 17.3 Å². The smallest absolute Gasteiger partial charge is 0.131 e. The molecule has 1 aromatic heterocycles. The van der Waals surface area contributed by atoms with Crippen LogP contribution in [-0.2, 0) is 6.42 Å². The van der Waals surface area contributed by atoms with Gasteiger partial charge in [0.2, 0.25) is 0 Å². The van der Waals surface area contributed by atoms with Crippen LogP contribution in [0.1, 0.15) is 43.6 Å². The molecular formula is C16H20ClN3. The van der Waals surface area contributed by atoms with E-state index in [9.17, 15) is 0 Å². The molecule has 1 aliphatic carbocycles. The monoisotopic (exact) mass is 289 g/mol. The molecule has 1 saturated carbocycles. The third-order valence-electron chi connectivity index (χ3n) is 3.85. The molecule has 3 nitrogen and oxygen atoms in total. The Bertz CT molecular complexity index is 641. The molecule has 0 atom stereocenters. The maximum atomic E-state index is 6.35. The molecule has 0 radical (unpaired) electrons. The molecule has 20 heavy (non-hydrogen) atoms. The molecule has 2 N–H and O–H groups in total. The summed E-state index contributed by atoms with van der Waals surface area (Å²) < 4.78 is 2.23. The van der Waals surface area contributed by atoms with Crippen molar-refractivity contribution < 1.29 is 0 Å². The van der Waals surface area contributed by atoms with Gasteiger partial charge in [-0.05, 0) is 37.8 Å². The fourth-order valence-corrected chi connectivity index (χ4v) is 2.77.